The van der Waals surface area contributed by atoms with Gasteiger partial charge in [-0.3, -0.25) is 14.5 Å². The number of urea groups is 1. The number of nitrogens with zero attached hydrogens (tertiary/aromatic N) is 1. The van der Waals surface area contributed by atoms with Crippen molar-refractivity contribution in [2.45, 2.75) is 25.8 Å². The summed E-state index contributed by atoms with van der Waals surface area (Å²) < 4.78 is 0. The first-order valence-electron chi connectivity index (χ1n) is 8.40. The second-order valence-electron chi connectivity index (χ2n) is 6.48. The standard InChI is InChI=1S/C19H21N3O3S/c1-13-5-3-4-6-14(13)7-9-20-16(23)11-22-17(24)19(2,21-18(22)25)15-8-10-26-12-15/h3-6,8,10,12H,7,9,11H2,1-2H3,(H,20,23)(H,21,25)/t19-/m1/s1. The highest BCUT2D eigenvalue weighted by atomic mass is 32.1. The molecule has 1 aliphatic heterocycles. The van der Waals surface area contributed by atoms with Gasteiger partial charge in [0.1, 0.15) is 12.1 Å². The summed E-state index contributed by atoms with van der Waals surface area (Å²) in [6.45, 7) is 3.86. The zero-order valence-corrected chi connectivity index (χ0v) is 15.6. The normalized spacial score (nSPS) is 19.5. The quantitative estimate of drug-likeness (QED) is 0.764. The first kappa shape index (κ1) is 18.1. The number of carbonyl (C=O) groups is 3. The summed E-state index contributed by atoms with van der Waals surface area (Å²) in [5.74, 6) is -0.758. The molecule has 1 atom stereocenters. The number of nitrogens with one attached hydrogen (secondary N) is 2. The second kappa shape index (κ2) is 7.29. The molecule has 2 N–H and O–H groups in total. The Morgan fingerprint density at radius 1 is 1.27 bits per heavy atom. The lowest BCUT2D eigenvalue weighted by Crippen LogP contribution is -2.43. The number of rotatable bonds is 6. The lowest BCUT2D eigenvalue weighted by atomic mass is 9.95. The van der Waals surface area contributed by atoms with Gasteiger partial charge in [-0.25, -0.2) is 4.79 Å². The summed E-state index contributed by atoms with van der Waals surface area (Å²) in [6, 6.07) is 9.23. The molecule has 6 nitrogen and oxygen atoms in total. The van der Waals surface area contributed by atoms with Crippen LogP contribution in [0.2, 0.25) is 0 Å². The Bertz CT molecular complexity index is 834. The number of thiophene rings is 1. The van der Waals surface area contributed by atoms with Crippen molar-refractivity contribution < 1.29 is 14.4 Å². The van der Waals surface area contributed by atoms with Gasteiger partial charge in [-0.2, -0.15) is 11.3 Å². The van der Waals surface area contributed by atoms with E-state index in [-0.39, 0.29) is 12.5 Å². The molecule has 136 valence electrons. The van der Waals surface area contributed by atoms with Crippen LogP contribution in [0.4, 0.5) is 4.79 Å². The Morgan fingerprint density at radius 2 is 2.04 bits per heavy atom. The number of carbonyl (C=O) groups excluding carboxylic acids is 3. The lowest BCUT2D eigenvalue weighted by Gasteiger charge is -2.20. The minimum Gasteiger partial charge on any atom is -0.354 e. The van der Waals surface area contributed by atoms with Gasteiger partial charge in [-0.1, -0.05) is 24.3 Å². The molecule has 0 bridgehead atoms. The fourth-order valence-corrected chi connectivity index (χ4v) is 3.78. The van der Waals surface area contributed by atoms with Gasteiger partial charge >= 0.3 is 6.03 Å². The van der Waals surface area contributed by atoms with Gasteiger partial charge in [0.2, 0.25) is 5.91 Å². The fraction of sp³-hybridized carbons (Fsp3) is 0.316. The Labute approximate surface area is 156 Å². The average molecular weight is 371 g/mol. The Hall–Kier alpha value is -2.67. The summed E-state index contributed by atoms with van der Waals surface area (Å²) in [5, 5.41) is 9.14. The van der Waals surface area contributed by atoms with Gasteiger partial charge in [0, 0.05) is 6.54 Å². The largest absolute Gasteiger partial charge is 0.354 e. The van der Waals surface area contributed by atoms with Gasteiger partial charge in [0.05, 0.1) is 0 Å². The summed E-state index contributed by atoms with van der Waals surface area (Å²) in [7, 11) is 0. The monoisotopic (exact) mass is 371 g/mol. The van der Waals surface area contributed by atoms with E-state index in [0.717, 1.165) is 16.0 Å². The van der Waals surface area contributed by atoms with Crippen LogP contribution >= 0.6 is 11.3 Å². The molecule has 0 saturated carbocycles. The minimum absolute atomic E-state index is 0.280. The molecule has 0 unspecified atom stereocenters. The first-order valence-corrected chi connectivity index (χ1v) is 9.34. The van der Waals surface area contributed by atoms with Crippen molar-refractivity contribution >= 4 is 29.2 Å². The number of amides is 4. The van der Waals surface area contributed by atoms with Crippen molar-refractivity contribution in [1.29, 1.82) is 0 Å². The second-order valence-corrected chi connectivity index (χ2v) is 7.26. The van der Waals surface area contributed by atoms with E-state index in [1.807, 2.05) is 41.9 Å². The molecule has 1 fully saturated rings. The third kappa shape index (κ3) is 3.48. The fourth-order valence-electron chi connectivity index (χ4n) is 3.01. The molecule has 26 heavy (non-hydrogen) atoms. The van der Waals surface area contributed by atoms with Crippen LogP contribution in [0.5, 0.6) is 0 Å². The third-order valence-corrected chi connectivity index (χ3v) is 5.34. The van der Waals surface area contributed by atoms with Gasteiger partial charge < -0.3 is 10.6 Å². The van der Waals surface area contributed by atoms with Crippen LogP contribution in [-0.4, -0.2) is 35.8 Å². The topological polar surface area (TPSA) is 78.5 Å². The van der Waals surface area contributed by atoms with Gasteiger partial charge in [0.25, 0.3) is 5.91 Å². The molecule has 1 aromatic carbocycles. The van der Waals surface area contributed by atoms with E-state index in [1.165, 1.54) is 16.9 Å². The first-order chi connectivity index (χ1) is 12.4. The van der Waals surface area contributed by atoms with Crippen molar-refractivity contribution in [2.75, 3.05) is 13.1 Å². The molecular formula is C19H21N3O3S. The van der Waals surface area contributed by atoms with Crippen molar-refractivity contribution in [3.05, 3.63) is 57.8 Å². The van der Waals surface area contributed by atoms with Crippen molar-refractivity contribution in [3.8, 4) is 0 Å². The van der Waals surface area contributed by atoms with Crippen LogP contribution in [0.3, 0.4) is 0 Å². The average Bonchev–Trinajstić information content (AvgIpc) is 3.21. The van der Waals surface area contributed by atoms with E-state index in [2.05, 4.69) is 10.6 Å². The van der Waals surface area contributed by atoms with E-state index in [0.29, 0.717) is 13.0 Å². The number of benzene rings is 1. The van der Waals surface area contributed by atoms with Gasteiger partial charge in [-0.15, -0.1) is 0 Å². The zero-order valence-electron chi connectivity index (χ0n) is 14.7. The molecular weight excluding hydrogens is 350 g/mol. The molecule has 7 heteroatoms. The van der Waals surface area contributed by atoms with Crippen LogP contribution in [0, 0.1) is 6.92 Å². The molecule has 0 spiro atoms. The molecule has 3 rings (SSSR count). The van der Waals surface area contributed by atoms with E-state index in [4.69, 9.17) is 0 Å². The Kier molecular flexibility index (Phi) is 5.08. The molecule has 2 heterocycles. The number of hydrogen-bond donors (Lipinski definition) is 2. The van der Waals surface area contributed by atoms with Crippen LogP contribution < -0.4 is 10.6 Å². The highest BCUT2D eigenvalue weighted by Gasteiger charge is 2.49. The summed E-state index contributed by atoms with van der Waals surface area (Å²) in [5.41, 5.74) is 1.94. The number of aryl methyl sites for hydroxylation is 1. The summed E-state index contributed by atoms with van der Waals surface area (Å²) in [4.78, 5) is 38.0. The van der Waals surface area contributed by atoms with Crippen LogP contribution in [0.1, 0.15) is 23.6 Å². The van der Waals surface area contributed by atoms with E-state index in [1.54, 1.807) is 13.0 Å². The Balaban J connectivity index is 1.57. The highest BCUT2D eigenvalue weighted by Crippen LogP contribution is 2.29. The van der Waals surface area contributed by atoms with Crippen LogP contribution in [-0.2, 0) is 21.5 Å². The van der Waals surface area contributed by atoms with Gasteiger partial charge in [0.15, 0.2) is 0 Å². The summed E-state index contributed by atoms with van der Waals surface area (Å²) >= 11 is 1.45. The summed E-state index contributed by atoms with van der Waals surface area (Å²) in [6.07, 6.45) is 0.700. The van der Waals surface area contributed by atoms with Crippen molar-refractivity contribution in [1.82, 2.24) is 15.5 Å². The third-order valence-electron chi connectivity index (χ3n) is 4.65. The molecule has 0 aliphatic carbocycles. The molecule has 1 saturated heterocycles. The maximum Gasteiger partial charge on any atom is 0.325 e. The maximum atomic E-state index is 12.7. The van der Waals surface area contributed by atoms with Crippen LogP contribution in [0.25, 0.3) is 0 Å². The molecule has 4 amide bonds. The van der Waals surface area contributed by atoms with Crippen molar-refractivity contribution in [3.63, 3.8) is 0 Å². The highest BCUT2D eigenvalue weighted by molar-refractivity contribution is 7.08. The smallest absolute Gasteiger partial charge is 0.325 e. The maximum absolute atomic E-state index is 12.7. The van der Waals surface area contributed by atoms with Crippen molar-refractivity contribution in [2.24, 2.45) is 0 Å². The van der Waals surface area contributed by atoms with E-state index >= 15 is 0 Å². The number of hydrogen-bond acceptors (Lipinski definition) is 4. The van der Waals surface area contributed by atoms with Crippen LogP contribution in [0.15, 0.2) is 41.1 Å². The lowest BCUT2D eigenvalue weighted by molar-refractivity contribution is -0.134. The molecule has 1 aliphatic rings. The SMILES string of the molecule is Cc1ccccc1CCNC(=O)CN1C(=O)N[C@](C)(c2ccsc2)C1=O. The van der Waals surface area contributed by atoms with E-state index < -0.39 is 17.5 Å². The predicted molar refractivity (Wildman–Crippen MR) is 99.8 cm³/mol. The molecule has 2 aromatic rings. The Morgan fingerprint density at radius 3 is 2.73 bits per heavy atom. The zero-order chi connectivity index (χ0) is 18.7. The predicted octanol–water partition coefficient (Wildman–Crippen LogP) is 2.18. The molecule has 1 aromatic heterocycles. The minimum atomic E-state index is -1.11. The molecule has 0 radical (unpaired) electrons. The number of imide groups is 1. The van der Waals surface area contributed by atoms with Gasteiger partial charge in [-0.05, 0) is 53.8 Å². The van der Waals surface area contributed by atoms with E-state index in [9.17, 15) is 14.4 Å².